The number of nitrogens with two attached hydrogens (primary N) is 1. The number of anilines is 2. The Labute approximate surface area is 152 Å². The summed E-state index contributed by atoms with van der Waals surface area (Å²) in [5.41, 5.74) is 5.24. The molecule has 2 aromatic rings. The quantitative estimate of drug-likeness (QED) is 0.590. The number of nitrogen functional groups attached to an aromatic ring is 1. The van der Waals surface area contributed by atoms with E-state index in [0.29, 0.717) is 5.02 Å². The summed E-state index contributed by atoms with van der Waals surface area (Å²) >= 11 is 5.84. The maximum atomic E-state index is 12.3. The Kier molecular flexibility index (Phi) is 5.89. The molecule has 0 saturated carbocycles. The smallest absolute Gasteiger partial charge is 0.398 e. The van der Waals surface area contributed by atoms with Gasteiger partial charge in [0.25, 0.3) is 5.91 Å². The molecule has 0 aliphatic rings. The zero-order valence-corrected chi connectivity index (χ0v) is 14.1. The van der Waals surface area contributed by atoms with E-state index in [1.54, 1.807) is 6.07 Å². The van der Waals surface area contributed by atoms with Gasteiger partial charge in [0.05, 0.1) is 5.56 Å². The molecule has 2 rings (SSSR count). The predicted molar refractivity (Wildman–Crippen MR) is 95.7 cm³/mol. The lowest BCUT2D eigenvalue weighted by Crippen LogP contribution is -2.14. The third-order valence-corrected chi connectivity index (χ3v) is 3.36. The molecule has 26 heavy (non-hydrogen) atoms. The van der Waals surface area contributed by atoms with E-state index in [0.717, 1.165) is 6.08 Å². The minimum atomic E-state index is -4.46. The maximum Gasteiger partial charge on any atom is 0.415 e. The Bertz CT molecular complexity index is 884. The second-order valence-corrected chi connectivity index (χ2v) is 5.53. The second-order valence-electron chi connectivity index (χ2n) is 5.09. The summed E-state index contributed by atoms with van der Waals surface area (Å²) in [5, 5.41) is 6.96. The van der Waals surface area contributed by atoms with Crippen molar-refractivity contribution in [2.24, 2.45) is 0 Å². The van der Waals surface area contributed by atoms with Crippen LogP contribution in [0.2, 0.25) is 5.02 Å². The number of halogens is 4. The van der Waals surface area contributed by atoms with Crippen molar-refractivity contribution in [3.8, 4) is 0 Å². The van der Waals surface area contributed by atoms with Crippen LogP contribution in [0.3, 0.4) is 0 Å². The molecule has 0 unspecified atom stereocenters. The van der Waals surface area contributed by atoms with E-state index < -0.39 is 17.7 Å². The Morgan fingerprint density at radius 3 is 2.73 bits per heavy atom. The average molecular weight is 383 g/mol. The number of nitrogens with zero attached hydrogens (tertiary/aromatic N) is 2. The van der Waals surface area contributed by atoms with E-state index in [9.17, 15) is 18.0 Å². The molecular weight excluding hydrogens is 369 g/mol. The summed E-state index contributed by atoms with van der Waals surface area (Å²) in [5.74, 6) is -0.247. The van der Waals surface area contributed by atoms with Crippen LogP contribution in [0.4, 0.5) is 24.7 Å². The summed E-state index contributed by atoms with van der Waals surface area (Å²) in [6.45, 7) is 2.91. The number of hydrogen-bond donors (Lipinski definition) is 2. The van der Waals surface area contributed by atoms with Crippen molar-refractivity contribution < 1.29 is 18.0 Å². The molecule has 9 heteroatoms. The van der Waals surface area contributed by atoms with Crippen LogP contribution in [0.15, 0.2) is 60.8 Å². The number of aromatic nitrogens is 2. The standard InChI is InChI=1S/C17H14ClF3N4O/c1-11(17(19,20)21)4-2-3-8-25-9-7-15(24-25)23-16(26)13-10-12(18)5-6-14(13)22/h2-10H,1,22H2,(H,23,24,26). The van der Waals surface area contributed by atoms with Crippen LogP contribution >= 0.6 is 11.6 Å². The van der Waals surface area contributed by atoms with E-state index in [2.05, 4.69) is 17.0 Å². The van der Waals surface area contributed by atoms with Gasteiger partial charge in [0.1, 0.15) is 0 Å². The molecule has 0 aliphatic carbocycles. The van der Waals surface area contributed by atoms with Crippen LogP contribution in [0.1, 0.15) is 10.4 Å². The fourth-order valence-corrected chi connectivity index (χ4v) is 1.97. The van der Waals surface area contributed by atoms with Crippen LogP contribution < -0.4 is 11.1 Å². The van der Waals surface area contributed by atoms with E-state index in [1.807, 2.05) is 0 Å². The maximum absolute atomic E-state index is 12.3. The lowest BCUT2D eigenvalue weighted by Gasteiger charge is -2.05. The van der Waals surface area contributed by atoms with Crippen LogP contribution in [0.5, 0.6) is 0 Å². The van der Waals surface area contributed by atoms with E-state index >= 15 is 0 Å². The van der Waals surface area contributed by atoms with Gasteiger partial charge in [-0.15, -0.1) is 0 Å². The van der Waals surface area contributed by atoms with Gasteiger partial charge >= 0.3 is 6.18 Å². The van der Waals surface area contributed by atoms with Crippen molar-refractivity contribution in [2.75, 3.05) is 11.1 Å². The van der Waals surface area contributed by atoms with E-state index in [-0.39, 0.29) is 17.1 Å². The molecule has 0 atom stereocenters. The predicted octanol–water partition coefficient (Wildman–Crippen LogP) is 4.52. The van der Waals surface area contributed by atoms with Crippen molar-refractivity contribution in [1.29, 1.82) is 0 Å². The van der Waals surface area contributed by atoms with Crippen LogP contribution in [0, 0.1) is 0 Å². The van der Waals surface area contributed by atoms with Gasteiger partial charge < -0.3 is 11.1 Å². The Balaban J connectivity index is 2.00. The number of nitrogens with one attached hydrogen (secondary N) is 1. The highest BCUT2D eigenvalue weighted by Crippen LogP contribution is 2.24. The van der Waals surface area contributed by atoms with Gasteiger partial charge in [-0.25, -0.2) is 4.68 Å². The largest absolute Gasteiger partial charge is 0.415 e. The van der Waals surface area contributed by atoms with Crippen molar-refractivity contribution in [1.82, 2.24) is 9.78 Å². The summed E-state index contributed by atoms with van der Waals surface area (Å²) in [6.07, 6.45) is 1.83. The van der Waals surface area contributed by atoms with Crippen molar-refractivity contribution in [3.63, 3.8) is 0 Å². The molecular formula is C17H14ClF3N4O. The number of amides is 1. The topological polar surface area (TPSA) is 72.9 Å². The minimum Gasteiger partial charge on any atom is -0.398 e. The molecule has 0 radical (unpaired) electrons. The van der Waals surface area contributed by atoms with E-state index in [1.165, 1.54) is 47.4 Å². The first kappa shape index (κ1) is 19.3. The number of carbonyl (C=O) groups is 1. The number of alkyl halides is 3. The van der Waals surface area contributed by atoms with Crippen molar-refractivity contribution in [3.05, 3.63) is 71.4 Å². The number of allylic oxidation sites excluding steroid dienone is 4. The first-order chi connectivity index (χ1) is 12.2. The zero-order chi connectivity index (χ0) is 19.3. The summed E-state index contributed by atoms with van der Waals surface area (Å²) in [7, 11) is 0. The normalized spacial score (nSPS) is 12.0. The highest BCUT2D eigenvalue weighted by atomic mass is 35.5. The molecule has 0 aliphatic heterocycles. The SMILES string of the molecule is C=C(C=CC=Cn1ccc(NC(=O)c2cc(Cl)ccc2N)n1)C(F)(F)F. The summed E-state index contributed by atoms with van der Waals surface area (Å²) in [6, 6.07) is 6.02. The zero-order valence-electron chi connectivity index (χ0n) is 13.3. The van der Waals surface area contributed by atoms with Gasteiger partial charge in [0, 0.05) is 34.7 Å². The van der Waals surface area contributed by atoms with Gasteiger partial charge in [-0.3, -0.25) is 4.79 Å². The van der Waals surface area contributed by atoms with Gasteiger partial charge in [-0.1, -0.05) is 30.3 Å². The van der Waals surface area contributed by atoms with Gasteiger partial charge in [0.2, 0.25) is 0 Å². The highest BCUT2D eigenvalue weighted by Gasteiger charge is 2.29. The lowest BCUT2D eigenvalue weighted by molar-refractivity contribution is -0.0878. The van der Waals surface area contributed by atoms with Crippen molar-refractivity contribution >= 4 is 35.2 Å². The Morgan fingerprint density at radius 1 is 1.31 bits per heavy atom. The molecule has 5 nitrogen and oxygen atoms in total. The molecule has 1 aromatic heterocycles. The highest BCUT2D eigenvalue weighted by molar-refractivity contribution is 6.31. The first-order valence-corrected chi connectivity index (χ1v) is 7.57. The third-order valence-electron chi connectivity index (χ3n) is 3.12. The second kappa shape index (κ2) is 7.92. The van der Waals surface area contributed by atoms with Gasteiger partial charge in [-0.2, -0.15) is 18.3 Å². The molecule has 0 bridgehead atoms. The molecule has 136 valence electrons. The number of hydrogen-bond acceptors (Lipinski definition) is 3. The third kappa shape index (κ3) is 5.25. The first-order valence-electron chi connectivity index (χ1n) is 7.19. The molecule has 0 saturated heterocycles. The molecule has 1 heterocycles. The van der Waals surface area contributed by atoms with Crippen molar-refractivity contribution in [2.45, 2.75) is 6.18 Å². The van der Waals surface area contributed by atoms with Crippen LogP contribution in [-0.4, -0.2) is 21.9 Å². The number of carbonyl (C=O) groups excluding carboxylic acids is 1. The van der Waals surface area contributed by atoms with Crippen LogP contribution in [0.25, 0.3) is 6.20 Å². The van der Waals surface area contributed by atoms with Crippen LogP contribution in [-0.2, 0) is 0 Å². The fraction of sp³-hybridized carbons (Fsp3) is 0.0588. The fourth-order valence-electron chi connectivity index (χ4n) is 1.80. The Hall–Kier alpha value is -3.00. The molecule has 0 spiro atoms. The number of rotatable bonds is 5. The average Bonchev–Trinajstić information content (AvgIpc) is 3.00. The number of benzene rings is 1. The summed E-state index contributed by atoms with van der Waals surface area (Å²) < 4.78 is 38.1. The Morgan fingerprint density at radius 2 is 2.04 bits per heavy atom. The molecule has 1 aromatic carbocycles. The minimum absolute atomic E-state index is 0.205. The molecule has 0 fully saturated rings. The lowest BCUT2D eigenvalue weighted by atomic mass is 10.1. The molecule has 3 N–H and O–H groups in total. The molecule has 1 amide bonds. The monoisotopic (exact) mass is 382 g/mol. The van der Waals surface area contributed by atoms with Gasteiger partial charge in [-0.05, 0) is 24.3 Å². The summed E-state index contributed by atoms with van der Waals surface area (Å²) in [4.78, 5) is 12.2. The van der Waals surface area contributed by atoms with E-state index in [4.69, 9.17) is 17.3 Å². The van der Waals surface area contributed by atoms with Gasteiger partial charge in [0.15, 0.2) is 5.82 Å².